The second kappa shape index (κ2) is 4.82. The number of hydrogen-bond donors (Lipinski definition) is 2. The van der Waals surface area contributed by atoms with Crippen LogP contribution < -0.4 is 11.3 Å². The highest BCUT2D eigenvalue weighted by Gasteiger charge is 1.86. The topological polar surface area (TPSA) is 38.0 Å². The van der Waals surface area contributed by atoms with E-state index in [1.807, 2.05) is 26.0 Å². The van der Waals surface area contributed by atoms with E-state index < -0.39 is 0 Å². The molecular weight excluding hydrogens is 124 g/mol. The molecule has 0 bridgehead atoms. The molecule has 0 aromatic carbocycles. The van der Waals surface area contributed by atoms with E-state index in [1.54, 1.807) is 6.08 Å². The second-order valence-electron chi connectivity index (χ2n) is 2.05. The molecule has 0 aromatic rings. The molecule has 0 unspecified atom stereocenters. The summed E-state index contributed by atoms with van der Waals surface area (Å²) in [6.45, 7) is 7.46. The third kappa shape index (κ3) is 3.10. The maximum absolute atomic E-state index is 5.18. The van der Waals surface area contributed by atoms with Gasteiger partial charge in [0.05, 0.1) is 0 Å². The van der Waals surface area contributed by atoms with E-state index in [9.17, 15) is 0 Å². The summed E-state index contributed by atoms with van der Waals surface area (Å²) in [5.41, 5.74) is 4.65. The van der Waals surface area contributed by atoms with Crippen molar-refractivity contribution >= 4 is 0 Å². The van der Waals surface area contributed by atoms with Crippen molar-refractivity contribution in [2.24, 2.45) is 5.84 Å². The highest BCUT2D eigenvalue weighted by molar-refractivity contribution is 5.23. The zero-order chi connectivity index (χ0) is 7.98. The Bertz CT molecular complexity index is 166. The number of nitrogens with one attached hydrogen (secondary N) is 1. The molecule has 2 heteroatoms. The first-order chi connectivity index (χ1) is 4.72. The van der Waals surface area contributed by atoms with Crippen LogP contribution in [0.2, 0.25) is 0 Å². The largest absolute Gasteiger partial charge is 0.328 e. The third-order valence-electron chi connectivity index (χ3n) is 1.29. The predicted octanol–water partition coefficient (Wildman–Crippen LogP) is 1.49. The smallest absolute Gasteiger partial charge is 0.0257 e. The first-order valence-electron chi connectivity index (χ1n) is 3.15. The van der Waals surface area contributed by atoms with Crippen LogP contribution in [0.15, 0.2) is 36.1 Å². The molecule has 0 saturated heterocycles. The van der Waals surface area contributed by atoms with Gasteiger partial charge in [-0.15, -0.1) is 0 Å². The molecule has 0 spiro atoms. The molecule has 0 radical (unpaired) electrons. The van der Waals surface area contributed by atoms with Crippen molar-refractivity contribution < 1.29 is 0 Å². The Morgan fingerprint density at radius 3 is 2.50 bits per heavy atom. The lowest BCUT2D eigenvalue weighted by Crippen LogP contribution is -2.19. The van der Waals surface area contributed by atoms with Gasteiger partial charge in [-0.2, -0.15) is 0 Å². The summed E-state index contributed by atoms with van der Waals surface area (Å²) in [6, 6.07) is 0. The van der Waals surface area contributed by atoms with Gasteiger partial charge in [0.2, 0.25) is 0 Å². The van der Waals surface area contributed by atoms with E-state index in [4.69, 9.17) is 5.84 Å². The van der Waals surface area contributed by atoms with Crippen LogP contribution in [0, 0.1) is 0 Å². The fourth-order valence-electron chi connectivity index (χ4n) is 0.451. The fourth-order valence-corrected chi connectivity index (χ4v) is 0.451. The lowest BCUT2D eigenvalue weighted by Gasteiger charge is -2.00. The molecule has 0 aliphatic rings. The van der Waals surface area contributed by atoms with Crippen molar-refractivity contribution in [1.29, 1.82) is 0 Å². The lowest BCUT2D eigenvalue weighted by atomic mass is 10.2. The minimum Gasteiger partial charge on any atom is -0.328 e. The van der Waals surface area contributed by atoms with Gasteiger partial charge < -0.3 is 5.43 Å². The molecule has 0 atom stereocenters. The van der Waals surface area contributed by atoms with E-state index in [0.717, 1.165) is 11.3 Å². The fraction of sp³-hybridized carbons (Fsp3) is 0.250. The van der Waals surface area contributed by atoms with Crippen LogP contribution in [0.3, 0.4) is 0 Å². The predicted molar refractivity (Wildman–Crippen MR) is 45.0 cm³/mol. The van der Waals surface area contributed by atoms with Gasteiger partial charge in [0, 0.05) is 5.70 Å². The van der Waals surface area contributed by atoms with Gasteiger partial charge in [0.25, 0.3) is 0 Å². The Balaban J connectivity index is 4.17. The lowest BCUT2D eigenvalue weighted by molar-refractivity contribution is 0.872. The highest BCUT2D eigenvalue weighted by atomic mass is 15.2. The Morgan fingerprint density at radius 1 is 1.50 bits per heavy atom. The number of nitrogens with two attached hydrogens (primary N) is 1. The summed E-state index contributed by atoms with van der Waals surface area (Å²) in [5.74, 6) is 5.18. The summed E-state index contributed by atoms with van der Waals surface area (Å²) >= 11 is 0. The molecule has 0 aromatic heterocycles. The number of rotatable bonds is 3. The van der Waals surface area contributed by atoms with Crippen LogP contribution in [0.1, 0.15) is 13.8 Å². The number of allylic oxidation sites excluding steroid dienone is 5. The molecule has 0 rings (SSSR count). The summed E-state index contributed by atoms with van der Waals surface area (Å²) in [7, 11) is 0. The first kappa shape index (κ1) is 8.98. The van der Waals surface area contributed by atoms with E-state index in [1.165, 1.54) is 0 Å². The quantitative estimate of drug-likeness (QED) is 0.352. The van der Waals surface area contributed by atoms with Crippen molar-refractivity contribution in [3.8, 4) is 0 Å². The maximum Gasteiger partial charge on any atom is 0.0257 e. The van der Waals surface area contributed by atoms with Crippen LogP contribution in [0.4, 0.5) is 0 Å². The van der Waals surface area contributed by atoms with E-state index in [2.05, 4.69) is 12.0 Å². The Hall–Kier alpha value is -1.02. The number of hydrogen-bond acceptors (Lipinski definition) is 2. The molecular formula is C8H14N2. The van der Waals surface area contributed by atoms with Crippen molar-refractivity contribution in [3.63, 3.8) is 0 Å². The SMILES string of the molecule is C=C/C=C\C(C)=C(\C)NN. The van der Waals surface area contributed by atoms with Crippen LogP contribution in [-0.4, -0.2) is 0 Å². The summed E-state index contributed by atoms with van der Waals surface area (Å²) in [4.78, 5) is 0. The molecule has 0 aliphatic heterocycles. The van der Waals surface area contributed by atoms with Gasteiger partial charge in [0.15, 0.2) is 0 Å². The van der Waals surface area contributed by atoms with Crippen LogP contribution in [0.25, 0.3) is 0 Å². The molecule has 3 N–H and O–H groups in total. The van der Waals surface area contributed by atoms with Crippen LogP contribution in [-0.2, 0) is 0 Å². The minimum absolute atomic E-state index is 0.970. The molecule has 0 saturated carbocycles. The van der Waals surface area contributed by atoms with Gasteiger partial charge in [-0.05, 0) is 19.4 Å². The molecule has 0 heterocycles. The van der Waals surface area contributed by atoms with Crippen molar-refractivity contribution in [1.82, 2.24) is 5.43 Å². The molecule has 0 aliphatic carbocycles. The van der Waals surface area contributed by atoms with Crippen molar-refractivity contribution in [3.05, 3.63) is 36.1 Å². The molecule has 0 amide bonds. The van der Waals surface area contributed by atoms with E-state index in [-0.39, 0.29) is 0 Å². The molecule has 56 valence electrons. The van der Waals surface area contributed by atoms with E-state index in [0.29, 0.717) is 0 Å². The minimum atomic E-state index is 0.970. The maximum atomic E-state index is 5.18. The Kier molecular flexibility index (Phi) is 4.33. The highest BCUT2D eigenvalue weighted by Crippen LogP contribution is 1.99. The summed E-state index contributed by atoms with van der Waals surface area (Å²) < 4.78 is 0. The molecule has 0 fully saturated rings. The summed E-state index contributed by atoms with van der Waals surface area (Å²) in [5, 5.41) is 0. The monoisotopic (exact) mass is 138 g/mol. The molecule has 10 heavy (non-hydrogen) atoms. The van der Waals surface area contributed by atoms with Gasteiger partial charge in [-0.25, -0.2) is 0 Å². The molecule has 2 nitrogen and oxygen atoms in total. The van der Waals surface area contributed by atoms with Crippen LogP contribution >= 0.6 is 0 Å². The first-order valence-corrected chi connectivity index (χ1v) is 3.15. The van der Waals surface area contributed by atoms with Gasteiger partial charge in [-0.3, -0.25) is 5.84 Å². The number of hydrazine groups is 1. The van der Waals surface area contributed by atoms with Crippen molar-refractivity contribution in [2.75, 3.05) is 0 Å². The normalized spacial score (nSPS) is 13.1. The Morgan fingerprint density at radius 2 is 2.10 bits per heavy atom. The van der Waals surface area contributed by atoms with Gasteiger partial charge in [0.1, 0.15) is 0 Å². The zero-order valence-electron chi connectivity index (χ0n) is 6.52. The van der Waals surface area contributed by atoms with Gasteiger partial charge >= 0.3 is 0 Å². The third-order valence-corrected chi connectivity index (χ3v) is 1.29. The second-order valence-corrected chi connectivity index (χ2v) is 2.05. The summed E-state index contributed by atoms with van der Waals surface area (Å²) in [6.07, 6.45) is 5.55. The average Bonchev–Trinajstić information content (AvgIpc) is 1.98. The average molecular weight is 138 g/mol. The van der Waals surface area contributed by atoms with Crippen molar-refractivity contribution in [2.45, 2.75) is 13.8 Å². The standard InChI is InChI=1S/C8H14N2/c1-4-5-6-7(2)8(3)10-9/h4-6,10H,1,9H2,2-3H3/b6-5-,8-7-. The van der Waals surface area contributed by atoms with Gasteiger partial charge in [-0.1, -0.05) is 24.8 Å². The van der Waals surface area contributed by atoms with E-state index >= 15 is 0 Å². The zero-order valence-corrected chi connectivity index (χ0v) is 6.52. The Labute approximate surface area is 62.1 Å². The van der Waals surface area contributed by atoms with Crippen LogP contribution in [0.5, 0.6) is 0 Å².